The molecule has 1 aromatic rings. The van der Waals surface area contributed by atoms with Crippen molar-refractivity contribution >= 4 is 10.0 Å². The Labute approximate surface area is 107 Å². The van der Waals surface area contributed by atoms with Crippen molar-refractivity contribution < 1.29 is 8.42 Å². The molecule has 1 aliphatic heterocycles. The van der Waals surface area contributed by atoms with Crippen molar-refractivity contribution in [3.63, 3.8) is 0 Å². The van der Waals surface area contributed by atoms with E-state index >= 15 is 0 Å². The summed E-state index contributed by atoms with van der Waals surface area (Å²) in [5.74, 6) is 1.14. The van der Waals surface area contributed by atoms with Gasteiger partial charge in [-0.2, -0.15) is 0 Å². The zero-order chi connectivity index (χ0) is 12.6. The van der Waals surface area contributed by atoms with Crippen LogP contribution in [0.25, 0.3) is 0 Å². The van der Waals surface area contributed by atoms with E-state index in [1.807, 2.05) is 18.2 Å². The zero-order valence-corrected chi connectivity index (χ0v) is 10.9. The van der Waals surface area contributed by atoms with Crippen LogP contribution in [-0.2, 0) is 16.4 Å². The summed E-state index contributed by atoms with van der Waals surface area (Å²) in [7, 11) is -3.18. The Morgan fingerprint density at radius 1 is 1.33 bits per heavy atom. The van der Waals surface area contributed by atoms with Crippen molar-refractivity contribution in [2.45, 2.75) is 12.5 Å². The Balaban J connectivity index is 1.52. The number of aryl methyl sites for hydroxylation is 1. The lowest BCUT2D eigenvalue weighted by atomic mass is 10.3. The van der Waals surface area contributed by atoms with Gasteiger partial charge in [-0.15, -0.1) is 0 Å². The molecule has 98 valence electrons. The number of hydrogen-bond acceptors (Lipinski definition) is 4. The van der Waals surface area contributed by atoms with Gasteiger partial charge in [0, 0.05) is 24.4 Å². The fourth-order valence-corrected chi connectivity index (χ4v) is 4.00. The number of hydrogen-bond donors (Lipinski definition) is 2. The Morgan fingerprint density at radius 3 is 2.78 bits per heavy atom. The fraction of sp³-hybridized carbons (Fsp3) is 0.583. The molecule has 1 aliphatic carbocycles. The SMILES string of the molecule is O=S(=O)(CCc1ccccn1)NC1C2CNCC21. The molecule has 6 heteroatoms. The third kappa shape index (κ3) is 2.55. The molecule has 1 saturated heterocycles. The summed E-state index contributed by atoms with van der Waals surface area (Å²) < 4.78 is 26.7. The molecule has 0 amide bonds. The van der Waals surface area contributed by atoms with E-state index in [1.54, 1.807) is 6.20 Å². The molecule has 0 spiro atoms. The molecule has 5 nitrogen and oxygen atoms in total. The molecule has 2 atom stereocenters. The van der Waals surface area contributed by atoms with Crippen molar-refractivity contribution in [2.24, 2.45) is 11.8 Å². The van der Waals surface area contributed by atoms with Gasteiger partial charge in [0.05, 0.1) is 5.75 Å². The van der Waals surface area contributed by atoms with Gasteiger partial charge >= 0.3 is 0 Å². The number of nitrogens with one attached hydrogen (secondary N) is 2. The fourth-order valence-electron chi connectivity index (χ4n) is 2.64. The number of fused-ring (bicyclic) bond motifs is 1. The molecule has 1 aromatic heterocycles. The molecular formula is C12H17N3O2S. The van der Waals surface area contributed by atoms with Crippen LogP contribution in [-0.4, -0.2) is 38.3 Å². The summed E-state index contributed by atoms with van der Waals surface area (Å²) in [6.07, 6.45) is 2.16. The summed E-state index contributed by atoms with van der Waals surface area (Å²) >= 11 is 0. The largest absolute Gasteiger partial charge is 0.316 e. The number of pyridine rings is 1. The molecule has 1 saturated carbocycles. The minimum atomic E-state index is -3.18. The molecule has 0 bridgehead atoms. The van der Waals surface area contributed by atoms with Crippen LogP contribution >= 0.6 is 0 Å². The first kappa shape index (κ1) is 12.1. The molecule has 0 radical (unpaired) electrons. The number of aromatic nitrogens is 1. The van der Waals surface area contributed by atoms with E-state index < -0.39 is 10.0 Å². The Hall–Kier alpha value is -0.980. The first-order valence-corrected chi connectivity index (χ1v) is 7.91. The van der Waals surface area contributed by atoms with E-state index in [-0.39, 0.29) is 11.8 Å². The van der Waals surface area contributed by atoms with E-state index in [4.69, 9.17) is 0 Å². The second-order valence-corrected chi connectivity index (χ2v) is 6.89. The maximum Gasteiger partial charge on any atom is 0.212 e. The van der Waals surface area contributed by atoms with Gasteiger partial charge in [0.15, 0.2) is 0 Å². The molecular weight excluding hydrogens is 250 g/mol. The van der Waals surface area contributed by atoms with E-state index in [0.717, 1.165) is 18.8 Å². The van der Waals surface area contributed by atoms with Crippen LogP contribution in [0.15, 0.2) is 24.4 Å². The van der Waals surface area contributed by atoms with E-state index in [0.29, 0.717) is 18.3 Å². The second kappa shape index (κ2) is 4.60. The first-order valence-electron chi connectivity index (χ1n) is 6.26. The van der Waals surface area contributed by atoms with Crippen LogP contribution in [0.4, 0.5) is 0 Å². The first-order chi connectivity index (χ1) is 8.66. The molecule has 2 heterocycles. The maximum absolute atomic E-state index is 11.9. The van der Waals surface area contributed by atoms with Crippen molar-refractivity contribution in [2.75, 3.05) is 18.8 Å². The average molecular weight is 267 g/mol. The van der Waals surface area contributed by atoms with Gasteiger partial charge in [-0.3, -0.25) is 4.98 Å². The van der Waals surface area contributed by atoms with Crippen LogP contribution in [0, 0.1) is 11.8 Å². The van der Waals surface area contributed by atoms with Crippen molar-refractivity contribution in [3.05, 3.63) is 30.1 Å². The van der Waals surface area contributed by atoms with Crippen LogP contribution in [0.5, 0.6) is 0 Å². The summed E-state index contributed by atoms with van der Waals surface area (Å²) in [6.45, 7) is 1.89. The monoisotopic (exact) mass is 267 g/mol. The van der Waals surface area contributed by atoms with Crippen LogP contribution in [0.2, 0.25) is 0 Å². The lowest BCUT2D eigenvalue weighted by molar-refractivity contribution is 0.564. The topological polar surface area (TPSA) is 71.1 Å². The van der Waals surface area contributed by atoms with E-state index in [9.17, 15) is 8.42 Å². The number of piperidine rings is 1. The van der Waals surface area contributed by atoms with E-state index in [2.05, 4.69) is 15.0 Å². The number of nitrogens with zero attached hydrogens (tertiary/aromatic N) is 1. The van der Waals surface area contributed by atoms with E-state index in [1.165, 1.54) is 0 Å². The van der Waals surface area contributed by atoms with Gasteiger partial charge in [-0.25, -0.2) is 13.1 Å². The summed E-state index contributed by atoms with van der Waals surface area (Å²) in [4.78, 5) is 4.13. The smallest absolute Gasteiger partial charge is 0.212 e. The molecule has 18 heavy (non-hydrogen) atoms. The Kier molecular flexibility index (Phi) is 3.09. The van der Waals surface area contributed by atoms with Gasteiger partial charge in [0.25, 0.3) is 0 Å². The normalized spacial score (nSPS) is 30.1. The third-order valence-corrected chi connectivity index (χ3v) is 5.13. The van der Waals surface area contributed by atoms with Gasteiger partial charge in [-0.05, 0) is 37.1 Å². The minimum Gasteiger partial charge on any atom is -0.316 e. The zero-order valence-electron chi connectivity index (χ0n) is 10.0. The molecule has 2 unspecified atom stereocenters. The Morgan fingerprint density at radius 2 is 2.11 bits per heavy atom. The number of sulfonamides is 1. The predicted octanol–water partition coefficient (Wildman–Crippen LogP) is -0.239. The highest BCUT2D eigenvalue weighted by atomic mass is 32.2. The van der Waals surface area contributed by atoms with Gasteiger partial charge in [0.2, 0.25) is 10.0 Å². The molecule has 0 aromatic carbocycles. The lowest BCUT2D eigenvalue weighted by Crippen LogP contribution is -2.34. The van der Waals surface area contributed by atoms with Gasteiger partial charge in [0.1, 0.15) is 0 Å². The molecule has 2 aliphatic rings. The number of rotatable bonds is 5. The van der Waals surface area contributed by atoms with Crippen LogP contribution in [0.3, 0.4) is 0 Å². The highest BCUT2D eigenvalue weighted by molar-refractivity contribution is 7.89. The highest BCUT2D eigenvalue weighted by Crippen LogP contribution is 2.41. The van der Waals surface area contributed by atoms with Gasteiger partial charge < -0.3 is 5.32 Å². The molecule has 3 rings (SSSR count). The molecule has 2 N–H and O–H groups in total. The highest BCUT2D eigenvalue weighted by Gasteiger charge is 2.54. The van der Waals surface area contributed by atoms with Gasteiger partial charge in [-0.1, -0.05) is 6.07 Å². The second-order valence-electron chi connectivity index (χ2n) is 5.02. The minimum absolute atomic E-state index is 0.118. The summed E-state index contributed by atoms with van der Waals surface area (Å²) in [6, 6.07) is 5.72. The summed E-state index contributed by atoms with van der Waals surface area (Å²) in [5, 5.41) is 3.25. The maximum atomic E-state index is 11.9. The summed E-state index contributed by atoms with van der Waals surface area (Å²) in [5.41, 5.74) is 0.820. The van der Waals surface area contributed by atoms with Crippen molar-refractivity contribution in [3.8, 4) is 0 Å². The average Bonchev–Trinajstić information content (AvgIpc) is 2.80. The van der Waals surface area contributed by atoms with Crippen LogP contribution in [0.1, 0.15) is 5.69 Å². The molecule has 2 fully saturated rings. The van der Waals surface area contributed by atoms with Crippen LogP contribution < -0.4 is 10.0 Å². The predicted molar refractivity (Wildman–Crippen MR) is 68.5 cm³/mol. The lowest BCUT2D eigenvalue weighted by Gasteiger charge is -2.08. The van der Waals surface area contributed by atoms with Crippen molar-refractivity contribution in [1.29, 1.82) is 0 Å². The Bertz CT molecular complexity index is 507. The van der Waals surface area contributed by atoms with Crippen molar-refractivity contribution in [1.82, 2.24) is 15.0 Å². The standard InChI is InChI=1S/C12H17N3O2S/c16-18(17,6-4-9-3-1-2-5-14-9)15-12-10-7-13-8-11(10)12/h1-3,5,10-13,15H,4,6-8H2. The third-order valence-electron chi connectivity index (χ3n) is 3.76. The quantitative estimate of drug-likeness (QED) is 0.772.